The third-order valence-corrected chi connectivity index (χ3v) is 5.99. The molecule has 33 heavy (non-hydrogen) atoms. The fourth-order valence-corrected chi connectivity index (χ4v) is 4.27. The van der Waals surface area contributed by atoms with Crippen molar-refractivity contribution in [3.05, 3.63) is 69.9 Å². The minimum Gasteiger partial charge on any atom is -0.326 e. The van der Waals surface area contributed by atoms with Gasteiger partial charge in [-0.25, -0.2) is 27.5 Å². The molecule has 0 saturated carbocycles. The first-order valence-electron chi connectivity index (χ1n) is 9.78. The molecule has 170 valence electrons. The summed E-state index contributed by atoms with van der Waals surface area (Å²) < 4.78 is 56.5. The van der Waals surface area contributed by atoms with E-state index in [1.165, 1.54) is 23.3 Å². The van der Waals surface area contributed by atoms with E-state index >= 15 is 0 Å². The Hall–Kier alpha value is -3.65. The molecule has 0 radical (unpaired) electrons. The maximum atomic E-state index is 14.7. The third-order valence-electron chi connectivity index (χ3n) is 5.05. The average Bonchev–Trinajstić information content (AvgIpc) is 3.11. The number of guanidine groups is 1. The van der Waals surface area contributed by atoms with Crippen molar-refractivity contribution in [2.24, 2.45) is 4.99 Å². The van der Waals surface area contributed by atoms with Crippen LogP contribution in [0.25, 0.3) is 10.2 Å². The topological polar surface area (TPSA) is 67.5 Å². The molecule has 2 aromatic carbocycles. The number of rotatable bonds is 4. The average molecular weight is 474 g/mol. The number of anilines is 1. The van der Waals surface area contributed by atoms with E-state index in [2.05, 4.69) is 15.3 Å². The number of aryl methyl sites for hydroxylation is 2. The molecule has 0 aliphatic carbocycles. The van der Waals surface area contributed by atoms with Gasteiger partial charge in [-0.15, -0.1) is 11.3 Å². The van der Waals surface area contributed by atoms with Gasteiger partial charge in [0.2, 0.25) is 5.96 Å². The van der Waals surface area contributed by atoms with Crippen LogP contribution in [0.2, 0.25) is 0 Å². The summed E-state index contributed by atoms with van der Waals surface area (Å²) in [7, 11) is 1.39. The Morgan fingerprint density at radius 3 is 2.52 bits per heavy atom. The van der Waals surface area contributed by atoms with Gasteiger partial charge in [-0.2, -0.15) is 5.26 Å². The Bertz CT molecular complexity index is 1320. The highest BCUT2D eigenvalue weighted by Crippen LogP contribution is 2.29. The predicted octanol–water partition coefficient (Wildman–Crippen LogP) is 5.16. The minimum atomic E-state index is -1.58. The molecule has 0 bridgehead atoms. The van der Waals surface area contributed by atoms with Gasteiger partial charge < -0.3 is 10.2 Å². The summed E-state index contributed by atoms with van der Waals surface area (Å²) in [6.07, 6.45) is 1.72. The van der Waals surface area contributed by atoms with Crippen LogP contribution in [0, 0.1) is 42.8 Å². The maximum absolute atomic E-state index is 14.7. The molecular formula is C22H18F4N6S. The number of likely N-dealkylation sites (N-methyl/N-ethyl adjacent to an activating group) is 1. The molecule has 1 unspecified atom stereocenters. The van der Waals surface area contributed by atoms with E-state index in [4.69, 9.17) is 0 Å². The first-order valence-corrected chi connectivity index (χ1v) is 10.6. The van der Waals surface area contributed by atoms with Crippen molar-refractivity contribution in [2.75, 3.05) is 12.4 Å². The summed E-state index contributed by atoms with van der Waals surface area (Å²) in [5.41, 5.74) is 2.42. The molecule has 0 saturated heterocycles. The van der Waals surface area contributed by atoms with Crippen molar-refractivity contribution >= 4 is 33.2 Å². The summed E-state index contributed by atoms with van der Waals surface area (Å²) in [5, 5.41) is 13.2. The monoisotopic (exact) mass is 474 g/mol. The number of hydrogen-bond acceptors (Lipinski definition) is 7. The molecule has 6 nitrogen and oxygen atoms in total. The van der Waals surface area contributed by atoms with Crippen LogP contribution in [0.3, 0.4) is 0 Å². The van der Waals surface area contributed by atoms with Gasteiger partial charge in [-0.05, 0) is 49.2 Å². The van der Waals surface area contributed by atoms with Crippen LogP contribution in [0.5, 0.6) is 0 Å². The molecule has 1 N–H and O–H groups in total. The third kappa shape index (κ3) is 4.47. The molecule has 2 heterocycles. The van der Waals surface area contributed by atoms with Crippen molar-refractivity contribution in [3.8, 4) is 6.19 Å². The van der Waals surface area contributed by atoms with Gasteiger partial charge in [0.1, 0.15) is 0 Å². The van der Waals surface area contributed by atoms with Gasteiger partial charge in [-0.1, -0.05) is 0 Å². The maximum Gasteiger partial charge on any atom is 0.205 e. The molecule has 4 rings (SSSR count). The number of aromatic nitrogens is 1. The fraction of sp³-hybridized carbons (Fsp3) is 0.227. The van der Waals surface area contributed by atoms with Crippen LogP contribution in [0.1, 0.15) is 16.1 Å². The predicted molar refractivity (Wildman–Crippen MR) is 118 cm³/mol. The molecule has 1 aliphatic heterocycles. The summed E-state index contributed by atoms with van der Waals surface area (Å²) in [4.78, 5) is 11.1. The van der Waals surface area contributed by atoms with E-state index in [1.807, 2.05) is 32.2 Å². The smallest absolute Gasteiger partial charge is 0.205 e. The van der Waals surface area contributed by atoms with Gasteiger partial charge in [0.15, 0.2) is 35.6 Å². The molecule has 0 amide bonds. The second-order valence-corrected chi connectivity index (χ2v) is 8.78. The van der Waals surface area contributed by atoms with Crippen LogP contribution in [0.4, 0.5) is 23.2 Å². The highest BCUT2D eigenvalue weighted by molar-refractivity contribution is 7.18. The number of nitrogens with one attached hydrogen (secondary N) is 1. The van der Waals surface area contributed by atoms with Gasteiger partial charge in [-0.3, -0.25) is 4.90 Å². The zero-order valence-electron chi connectivity index (χ0n) is 17.8. The van der Waals surface area contributed by atoms with Gasteiger partial charge in [0, 0.05) is 18.9 Å². The lowest BCUT2D eigenvalue weighted by molar-refractivity contribution is 0.318. The molecule has 0 spiro atoms. The lowest BCUT2D eigenvalue weighted by Gasteiger charge is -2.31. The number of benzene rings is 2. The quantitative estimate of drug-likeness (QED) is 0.245. The standard InChI is InChI=1S/C22H18F4N6S/c1-11-4-18-19(33-12(2)28-18)7-17(11)29-22-30-21(31(3)10-27)16(25)9-32(22)8-13-5-14(23)20(26)15(24)6-13/h4-7,9,21H,8H2,1-3H3,(H,29,30). The largest absolute Gasteiger partial charge is 0.326 e. The second-order valence-electron chi connectivity index (χ2n) is 7.55. The Balaban J connectivity index is 1.72. The zero-order valence-corrected chi connectivity index (χ0v) is 18.6. The highest BCUT2D eigenvalue weighted by atomic mass is 32.1. The lowest BCUT2D eigenvalue weighted by Crippen LogP contribution is -2.41. The number of halogens is 4. The molecule has 1 aliphatic rings. The number of hydrogen-bond donors (Lipinski definition) is 1. The first kappa shape index (κ1) is 22.5. The summed E-state index contributed by atoms with van der Waals surface area (Å²) in [6, 6.07) is 5.46. The van der Waals surface area contributed by atoms with Crippen LogP contribution in [-0.2, 0) is 6.54 Å². The highest BCUT2D eigenvalue weighted by Gasteiger charge is 2.28. The van der Waals surface area contributed by atoms with E-state index in [1.54, 1.807) is 0 Å². The fourth-order valence-electron chi connectivity index (χ4n) is 3.42. The van der Waals surface area contributed by atoms with E-state index in [9.17, 15) is 22.8 Å². The second kappa shape index (κ2) is 8.71. The summed E-state index contributed by atoms with van der Waals surface area (Å²) >= 11 is 1.51. The van der Waals surface area contributed by atoms with Gasteiger partial charge in [0.05, 0.1) is 21.8 Å². The molecule has 3 aromatic rings. The van der Waals surface area contributed by atoms with Crippen LogP contribution < -0.4 is 5.32 Å². The van der Waals surface area contributed by atoms with Crippen molar-refractivity contribution in [3.63, 3.8) is 0 Å². The number of fused-ring (bicyclic) bond motifs is 1. The van der Waals surface area contributed by atoms with Crippen LogP contribution in [-0.4, -0.2) is 34.0 Å². The molecule has 11 heteroatoms. The van der Waals surface area contributed by atoms with E-state index in [-0.39, 0.29) is 18.1 Å². The van der Waals surface area contributed by atoms with E-state index in [0.717, 1.165) is 44.0 Å². The molecular weight excluding hydrogens is 456 g/mol. The Morgan fingerprint density at radius 1 is 1.15 bits per heavy atom. The van der Waals surface area contributed by atoms with Crippen LogP contribution in [0.15, 0.2) is 41.3 Å². The molecule has 1 aromatic heterocycles. The number of nitrogens with zero attached hydrogens (tertiary/aromatic N) is 5. The van der Waals surface area contributed by atoms with Crippen molar-refractivity contribution in [2.45, 2.75) is 26.6 Å². The van der Waals surface area contributed by atoms with Gasteiger partial charge >= 0.3 is 0 Å². The Kier molecular flexibility index (Phi) is 5.95. The SMILES string of the molecule is Cc1nc2cc(C)c(NC3=NC(N(C)C#N)C(F)=CN3Cc3cc(F)c(F)c(F)c3)cc2s1. The number of nitriles is 1. The first-order chi connectivity index (χ1) is 15.7. The van der Waals surface area contributed by atoms with Crippen molar-refractivity contribution in [1.82, 2.24) is 14.8 Å². The number of thiazole rings is 1. The van der Waals surface area contributed by atoms with Crippen molar-refractivity contribution < 1.29 is 17.6 Å². The summed E-state index contributed by atoms with van der Waals surface area (Å²) in [5.74, 6) is -4.86. The Labute approximate surface area is 191 Å². The molecule has 1 atom stereocenters. The van der Waals surface area contributed by atoms with Gasteiger partial charge in [0.25, 0.3) is 0 Å². The lowest BCUT2D eigenvalue weighted by atomic mass is 10.1. The summed E-state index contributed by atoms with van der Waals surface area (Å²) in [6.45, 7) is 3.57. The normalized spacial score (nSPS) is 15.8. The number of aliphatic imine (C=N–C) groups is 1. The van der Waals surface area contributed by atoms with E-state index in [0.29, 0.717) is 5.69 Å². The zero-order chi connectivity index (χ0) is 23.9. The van der Waals surface area contributed by atoms with Crippen LogP contribution >= 0.6 is 11.3 Å². The molecule has 0 fully saturated rings. The Morgan fingerprint density at radius 2 is 1.85 bits per heavy atom. The van der Waals surface area contributed by atoms with Crippen molar-refractivity contribution in [1.29, 1.82) is 5.26 Å². The van der Waals surface area contributed by atoms with E-state index < -0.39 is 29.4 Å². The minimum absolute atomic E-state index is 0.0716.